The second kappa shape index (κ2) is 5.02. The minimum absolute atomic E-state index is 0.194. The summed E-state index contributed by atoms with van der Waals surface area (Å²) < 4.78 is 1.13. The molecule has 0 heterocycles. The molecular weight excluding hydrogens is 247 g/mol. The highest BCUT2D eigenvalue weighted by Gasteiger charge is 2.14. The van der Waals surface area contributed by atoms with E-state index >= 15 is 0 Å². The maximum absolute atomic E-state index is 6.12. The fourth-order valence-electron chi connectivity index (χ4n) is 1.56. The molecule has 1 rings (SSSR count). The van der Waals surface area contributed by atoms with Gasteiger partial charge in [-0.2, -0.15) is 0 Å². The van der Waals surface area contributed by atoms with Crippen LogP contribution >= 0.6 is 27.5 Å². The molecule has 2 unspecified atom stereocenters. The van der Waals surface area contributed by atoms with Gasteiger partial charge in [0.25, 0.3) is 0 Å². The zero-order valence-electron chi connectivity index (χ0n) is 7.93. The van der Waals surface area contributed by atoms with E-state index in [4.69, 9.17) is 11.6 Å². The van der Waals surface area contributed by atoms with Gasteiger partial charge in [0.05, 0.1) is 0 Å². The van der Waals surface area contributed by atoms with Crippen molar-refractivity contribution in [3.8, 4) is 0 Å². The quantitative estimate of drug-likeness (QED) is 0.699. The summed E-state index contributed by atoms with van der Waals surface area (Å²) in [6.07, 6.45) is 1.08. The molecule has 0 spiro atoms. The molecule has 0 aromatic heterocycles. The highest BCUT2D eigenvalue weighted by Crippen LogP contribution is 2.28. The number of hydrogen-bond acceptors (Lipinski definition) is 0. The van der Waals surface area contributed by atoms with Gasteiger partial charge in [0.15, 0.2) is 0 Å². The number of halogens is 2. The highest BCUT2D eigenvalue weighted by molar-refractivity contribution is 9.10. The predicted octanol–water partition coefficient (Wildman–Crippen LogP) is 4.57. The summed E-state index contributed by atoms with van der Waals surface area (Å²) in [6, 6.07) is 8.38. The first-order valence-corrected chi connectivity index (χ1v) is 5.77. The third-order valence-corrected chi connectivity index (χ3v) is 3.07. The van der Waals surface area contributed by atoms with E-state index in [0.717, 1.165) is 10.9 Å². The molecule has 0 aliphatic carbocycles. The van der Waals surface area contributed by atoms with E-state index in [1.54, 1.807) is 0 Å². The summed E-state index contributed by atoms with van der Waals surface area (Å²) >= 11 is 9.58. The van der Waals surface area contributed by atoms with Crippen LogP contribution in [-0.4, -0.2) is 5.38 Å². The van der Waals surface area contributed by atoms with Gasteiger partial charge in [-0.1, -0.05) is 35.0 Å². The average Bonchev–Trinajstić information content (AvgIpc) is 2.04. The minimum Gasteiger partial charge on any atom is -0.123 e. The molecule has 0 aliphatic heterocycles. The van der Waals surface area contributed by atoms with Gasteiger partial charge in [-0.25, -0.2) is 0 Å². The molecule has 2 heteroatoms. The second-order valence-electron chi connectivity index (χ2n) is 3.25. The lowest BCUT2D eigenvalue weighted by molar-refractivity contribution is 0.649. The SMILES string of the molecule is CCC(c1cccc(Br)c1)C(C)Cl. The topological polar surface area (TPSA) is 0 Å². The number of benzene rings is 1. The lowest BCUT2D eigenvalue weighted by Gasteiger charge is -2.17. The average molecular weight is 262 g/mol. The third-order valence-electron chi connectivity index (χ3n) is 2.27. The van der Waals surface area contributed by atoms with Crippen molar-refractivity contribution in [2.24, 2.45) is 0 Å². The van der Waals surface area contributed by atoms with Gasteiger partial charge >= 0.3 is 0 Å². The Morgan fingerprint density at radius 3 is 2.62 bits per heavy atom. The first kappa shape index (κ1) is 11.1. The molecule has 0 fully saturated rings. The molecule has 1 aromatic rings. The summed E-state index contributed by atoms with van der Waals surface area (Å²) in [7, 11) is 0. The van der Waals surface area contributed by atoms with Crippen molar-refractivity contribution in [1.82, 2.24) is 0 Å². The maximum Gasteiger partial charge on any atom is 0.0376 e. The molecule has 0 saturated heterocycles. The third kappa shape index (κ3) is 2.99. The van der Waals surface area contributed by atoms with Gasteiger partial charge in [0.1, 0.15) is 0 Å². The number of alkyl halides is 1. The Labute approximate surface area is 93.4 Å². The Morgan fingerprint density at radius 1 is 1.46 bits per heavy atom. The van der Waals surface area contributed by atoms with Gasteiger partial charge in [-0.3, -0.25) is 0 Å². The van der Waals surface area contributed by atoms with Gasteiger partial charge in [-0.15, -0.1) is 11.6 Å². The summed E-state index contributed by atoms with van der Waals surface area (Å²) in [6.45, 7) is 4.22. The number of hydrogen-bond donors (Lipinski definition) is 0. The second-order valence-corrected chi connectivity index (χ2v) is 4.85. The van der Waals surface area contributed by atoms with Gasteiger partial charge < -0.3 is 0 Å². The molecule has 1 aromatic carbocycles. The Bertz CT molecular complexity index is 271. The van der Waals surface area contributed by atoms with Crippen LogP contribution in [0.25, 0.3) is 0 Å². The monoisotopic (exact) mass is 260 g/mol. The molecule has 0 bridgehead atoms. The van der Waals surface area contributed by atoms with Gasteiger partial charge in [0, 0.05) is 9.85 Å². The first-order valence-electron chi connectivity index (χ1n) is 4.54. The van der Waals surface area contributed by atoms with Gasteiger partial charge in [0.2, 0.25) is 0 Å². The van der Waals surface area contributed by atoms with E-state index in [1.807, 2.05) is 6.07 Å². The Kier molecular flexibility index (Phi) is 4.27. The van der Waals surface area contributed by atoms with Crippen LogP contribution in [0.4, 0.5) is 0 Å². The van der Waals surface area contributed by atoms with Crippen LogP contribution in [0.5, 0.6) is 0 Å². The van der Waals surface area contributed by atoms with Crippen LogP contribution < -0.4 is 0 Å². The van der Waals surface area contributed by atoms with E-state index in [0.29, 0.717) is 5.92 Å². The number of rotatable bonds is 3. The van der Waals surface area contributed by atoms with E-state index in [-0.39, 0.29) is 5.38 Å². The lowest BCUT2D eigenvalue weighted by atomic mass is 9.94. The highest BCUT2D eigenvalue weighted by atomic mass is 79.9. The van der Waals surface area contributed by atoms with Crippen LogP contribution in [0.2, 0.25) is 0 Å². The first-order chi connectivity index (χ1) is 6.15. The fourth-order valence-corrected chi connectivity index (χ4v) is 2.30. The molecule has 0 saturated carbocycles. The summed E-state index contributed by atoms with van der Waals surface area (Å²) in [5.41, 5.74) is 1.32. The summed E-state index contributed by atoms with van der Waals surface area (Å²) in [5, 5.41) is 0.194. The van der Waals surface area contributed by atoms with Gasteiger partial charge in [-0.05, 0) is 37.0 Å². The molecule has 0 N–H and O–H groups in total. The van der Waals surface area contributed by atoms with E-state index in [2.05, 4.69) is 48.0 Å². The van der Waals surface area contributed by atoms with Crippen molar-refractivity contribution < 1.29 is 0 Å². The molecule has 0 aliphatic rings. The van der Waals surface area contributed by atoms with Crippen LogP contribution in [-0.2, 0) is 0 Å². The van der Waals surface area contributed by atoms with Crippen molar-refractivity contribution >= 4 is 27.5 Å². The van der Waals surface area contributed by atoms with Crippen LogP contribution in [0.1, 0.15) is 31.7 Å². The smallest absolute Gasteiger partial charge is 0.0376 e. The molecule has 0 amide bonds. The molecule has 72 valence electrons. The zero-order chi connectivity index (χ0) is 9.84. The zero-order valence-corrected chi connectivity index (χ0v) is 10.3. The fraction of sp³-hybridized carbons (Fsp3) is 0.455. The van der Waals surface area contributed by atoms with Crippen molar-refractivity contribution in [3.05, 3.63) is 34.3 Å². The molecule has 0 radical (unpaired) electrons. The normalized spacial score (nSPS) is 15.4. The molecule has 0 nitrogen and oxygen atoms in total. The Morgan fingerprint density at radius 2 is 2.15 bits per heavy atom. The standard InChI is InChI=1S/C11H14BrCl/c1-3-11(8(2)13)9-5-4-6-10(12)7-9/h4-8,11H,3H2,1-2H3. The van der Waals surface area contributed by atoms with E-state index in [9.17, 15) is 0 Å². The molecule has 13 heavy (non-hydrogen) atoms. The van der Waals surface area contributed by atoms with Crippen molar-refractivity contribution in [2.45, 2.75) is 31.6 Å². The Hall–Kier alpha value is -0.0100. The lowest BCUT2D eigenvalue weighted by Crippen LogP contribution is -2.07. The maximum atomic E-state index is 6.12. The summed E-state index contributed by atoms with van der Waals surface area (Å²) in [5.74, 6) is 0.458. The van der Waals surface area contributed by atoms with Crippen molar-refractivity contribution in [3.63, 3.8) is 0 Å². The Balaban J connectivity index is 2.91. The molecule has 2 atom stereocenters. The van der Waals surface area contributed by atoms with E-state index < -0.39 is 0 Å². The van der Waals surface area contributed by atoms with Crippen LogP contribution in [0, 0.1) is 0 Å². The largest absolute Gasteiger partial charge is 0.123 e. The minimum atomic E-state index is 0.194. The predicted molar refractivity (Wildman–Crippen MR) is 62.5 cm³/mol. The van der Waals surface area contributed by atoms with Crippen molar-refractivity contribution in [2.75, 3.05) is 0 Å². The molecular formula is C11H14BrCl. The van der Waals surface area contributed by atoms with Crippen LogP contribution in [0.15, 0.2) is 28.7 Å². The van der Waals surface area contributed by atoms with Crippen LogP contribution in [0.3, 0.4) is 0 Å². The van der Waals surface area contributed by atoms with E-state index in [1.165, 1.54) is 5.56 Å². The van der Waals surface area contributed by atoms with Crippen molar-refractivity contribution in [1.29, 1.82) is 0 Å². The summed E-state index contributed by atoms with van der Waals surface area (Å²) in [4.78, 5) is 0.